The Labute approximate surface area is 172 Å². The van der Waals surface area contributed by atoms with E-state index in [1.165, 1.54) is 6.07 Å². The van der Waals surface area contributed by atoms with Gasteiger partial charge in [0.2, 0.25) is 5.88 Å². The van der Waals surface area contributed by atoms with Crippen LogP contribution in [0.5, 0.6) is 5.88 Å². The lowest BCUT2D eigenvalue weighted by molar-refractivity contribution is -0.137. The zero-order chi connectivity index (χ0) is 21.1. The average Bonchev–Trinajstić information content (AvgIpc) is 3.22. The molecule has 2 aliphatic heterocycles. The van der Waals surface area contributed by atoms with Crippen LogP contribution >= 0.6 is 0 Å². The predicted octanol–water partition coefficient (Wildman–Crippen LogP) is 3.66. The molecule has 1 aromatic carbocycles. The van der Waals surface area contributed by atoms with Gasteiger partial charge in [0.1, 0.15) is 6.10 Å². The summed E-state index contributed by atoms with van der Waals surface area (Å²) in [4.78, 5) is 5.88. The van der Waals surface area contributed by atoms with Gasteiger partial charge in [-0.1, -0.05) is 36.4 Å². The minimum Gasteiger partial charge on any atom is -0.472 e. The number of rotatable bonds is 5. The van der Waals surface area contributed by atoms with Crippen LogP contribution in [0.3, 0.4) is 0 Å². The third-order valence-electron chi connectivity index (χ3n) is 5.24. The van der Waals surface area contributed by atoms with Gasteiger partial charge in [-0.15, -0.1) is 0 Å². The van der Waals surface area contributed by atoms with Crippen LogP contribution in [0.15, 0.2) is 72.2 Å². The third-order valence-corrected chi connectivity index (χ3v) is 5.24. The summed E-state index contributed by atoms with van der Waals surface area (Å²) >= 11 is 0. The van der Waals surface area contributed by atoms with Gasteiger partial charge in [0.25, 0.3) is 0 Å². The highest BCUT2D eigenvalue weighted by Crippen LogP contribution is 2.30. The minimum atomic E-state index is -4.42. The molecule has 1 saturated heterocycles. The molecule has 1 fully saturated rings. The smallest absolute Gasteiger partial charge is 0.417 e. The molecule has 0 bridgehead atoms. The number of allylic oxidation sites excluding steroid dienone is 1. The fourth-order valence-corrected chi connectivity index (χ4v) is 3.71. The van der Waals surface area contributed by atoms with Gasteiger partial charge in [0, 0.05) is 25.2 Å². The van der Waals surface area contributed by atoms with Crippen LogP contribution in [0.4, 0.5) is 13.2 Å². The van der Waals surface area contributed by atoms with E-state index in [1.807, 2.05) is 36.4 Å². The normalized spacial score (nSPS) is 21.7. The van der Waals surface area contributed by atoms with Crippen LogP contribution in [0.25, 0.3) is 0 Å². The standard InChI is InChI=1S/C22H22F3N3O2/c23-22(24,25)16-6-9-21(26-12-16)30-17-10-11-28(13-17)20-8-7-18(27-19(20)14-29)15-4-2-1-3-5-15/h1-9,12,17-18,27,29H,10-11,13-14H2. The zero-order valence-corrected chi connectivity index (χ0v) is 16.1. The number of pyridine rings is 1. The second-order valence-electron chi connectivity index (χ2n) is 7.27. The summed E-state index contributed by atoms with van der Waals surface area (Å²) in [5.74, 6) is 0.174. The summed E-state index contributed by atoms with van der Waals surface area (Å²) in [6, 6.07) is 12.2. The Hall–Kier alpha value is -3.00. The summed E-state index contributed by atoms with van der Waals surface area (Å²) in [6.45, 7) is 1.15. The van der Waals surface area contributed by atoms with Crippen LogP contribution in [0, 0.1) is 0 Å². The van der Waals surface area contributed by atoms with Crippen LogP contribution in [0.2, 0.25) is 0 Å². The number of nitrogens with one attached hydrogen (secondary N) is 1. The molecule has 8 heteroatoms. The third kappa shape index (κ3) is 4.43. The van der Waals surface area contributed by atoms with Gasteiger partial charge in [0.05, 0.1) is 36.2 Å². The highest BCUT2D eigenvalue weighted by Gasteiger charge is 2.32. The SMILES string of the molecule is OCC1=C(N2CCC(Oc3ccc(C(F)(F)F)cn3)C2)C=CC(c2ccccc2)N1. The molecule has 0 aliphatic carbocycles. The Morgan fingerprint density at radius 2 is 1.97 bits per heavy atom. The van der Waals surface area contributed by atoms with E-state index in [2.05, 4.69) is 21.3 Å². The molecule has 0 radical (unpaired) electrons. The molecule has 2 aliphatic rings. The van der Waals surface area contributed by atoms with Crippen molar-refractivity contribution in [2.75, 3.05) is 19.7 Å². The zero-order valence-electron chi connectivity index (χ0n) is 16.1. The van der Waals surface area contributed by atoms with E-state index in [0.717, 1.165) is 29.2 Å². The maximum Gasteiger partial charge on any atom is 0.417 e. The number of aliphatic hydroxyl groups excluding tert-OH is 1. The molecule has 1 aromatic heterocycles. The molecule has 2 unspecified atom stereocenters. The first-order valence-corrected chi connectivity index (χ1v) is 9.72. The molecule has 0 saturated carbocycles. The minimum absolute atomic E-state index is 0.0110. The van der Waals surface area contributed by atoms with Gasteiger partial charge >= 0.3 is 6.18 Å². The van der Waals surface area contributed by atoms with Gasteiger partial charge in [-0.2, -0.15) is 13.2 Å². The van der Waals surface area contributed by atoms with Crippen LogP contribution in [0.1, 0.15) is 23.6 Å². The molecule has 0 amide bonds. The van der Waals surface area contributed by atoms with Gasteiger partial charge in [-0.3, -0.25) is 0 Å². The number of likely N-dealkylation sites (tertiary alicyclic amines) is 1. The van der Waals surface area contributed by atoms with Crippen molar-refractivity contribution in [2.45, 2.75) is 24.7 Å². The van der Waals surface area contributed by atoms with Gasteiger partial charge in [-0.25, -0.2) is 4.98 Å². The van der Waals surface area contributed by atoms with Crippen molar-refractivity contribution in [3.8, 4) is 5.88 Å². The molecule has 2 atom stereocenters. The summed E-state index contributed by atoms with van der Waals surface area (Å²) in [5.41, 5.74) is 1.94. The molecule has 158 valence electrons. The summed E-state index contributed by atoms with van der Waals surface area (Å²) in [6.07, 6.45) is 0.934. The van der Waals surface area contributed by atoms with E-state index < -0.39 is 11.7 Å². The highest BCUT2D eigenvalue weighted by atomic mass is 19.4. The number of benzene rings is 1. The second kappa shape index (κ2) is 8.39. The Morgan fingerprint density at radius 1 is 1.17 bits per heavy atom. The first-order valence-electron chi connectivity index (χ1n) is 9.72. The molecule has 5 nitrogen and oxygen atoms in total. The van der Waals surface area contributed by atoms with E-state index >= 15 is 0 Å². The van der Waals surface area contributed by atoms with Crippen molar-refractivity contribution in [1.29, 1.82) is 0 Å². The van der Waals surface area contributed by atoms with Gasteiger partial charge in [-0.05, 0) is 17.7 Å². The maximum absolute atomic E-state index is 12.7. The fraction of sp³-hybridized carbons (Fsp3) is 0.318. The fourth-order valence-electron chi connectivity index (χ4n) is 3.71. The molecule has 30 heavy (non-hydrogen) atoms. The first-order chi connectivity index (χ1) is 14.4. The summed E-state index contributed by atoms with van der Waals surface area (Å²) in [7, 11) is 0. The largest absolute Gasteiger partial charge is 0.472 e. The lowest BCUT2D eigenvalue weighted by Crippen LogP contribution is -2.32. The number of nitrogens with zero attached hydrogens (tertiary/aromatic N) is 2. The number of aliphatic hydroxyl groups is 1. The quantitative estimate of drug-likeness (QED) is 0.778. The Balaban J connectivity index is 1.40. The van der Waals surface area contributed by atoms with Gasteiger partial charge < -0.3 is 20.1 Å². The Morgan fingerprint density at radius 3 is 2.63 bits per heavy atom. The monoisotopic (exact) mass is 417 g/mol. The number of alkyl halides is 3. The highest BCUT2D eigenvalue weighted by molar-refractivity contribution is 5.35. The molecule has 2 N–H and O–H groups in total. The number of dihydropyridines is 1. The maximum atomic E-state index is 12.7. The average molecular weight is 417 g/mol. The van der Waals surface area contributed by atoms with E-state index in [-0.39, 0.29) is 24.6 Å². The molecular weight excluding hydrogens is 395 g/mol. The van der Waals surface area contributed by atoms with E-state index in [0.29, 0.717) is 19.5 Å². The van der Waals surface area contributed by atoms with Crippen molar-refractivity contribution in [3.63, 3.8) is 0 Å². The molecule has 2 aromatic rings. The molecule has 0 spiro atoms. The summed E-state index contributed by atoms with van der Waals surface area (Å²) in [5, 5.41) is 13.2. The van der Waals surface area contributed by atoms with Gasteiger partial charge in [0.15, 0.2) is 0 Å². The Kier molecular flexibility index (Phi) is 5.67. The van der Waals surface area contributed by atoms with E-state index in [9.17, 15) is 18.3 Å². The number of hydrogen-bond donors (Lipinski definition) is 2. The molecule has 3 heterocycles. The van der Waals surface area contributed by atoms with Crippen LogP contribution in [-0.2, 0) is 6.18 Å². The van der Waals surface area contributed by atoms with Crippen molar-refractivity contribution in [3.05, 3.63) is 83.3 Å². The van der Waals surface area contributed by atoms with Crippen LogP contribution in [-0.4, -0.2) is 40.8 Å². The van der Waals surface area contributed by atoms with Crippen molar-refractivity contribution < 1.29 is 23.0 Å². The van der Waals surface area contributed by atoms with Crippen LogP contribution < -0.4 is 10.1 Å². The van der Waals surface area contributed by atoms with E-state index in [1.54, 1.807) is 0 Å². The van der Waals surface area contributed by atoms with Crippen molar-refractivity contribution >= 4 is 0 Å². The molecule has 4 rings (SSSR count). The van der Waals surface area contributed by atoms with E-state index in [4.69, 9.17) is 4.74 Å². The number of aromatic nitrogens is 1. The lowest BCUT2D eigenvalue weighted by atomic mass is 10.0. The number of halogens is 3. The summed E-state index contributed by atoms with van der Waals surface area (Å²) < 4.78 is 43.8. The molecular formula is C22H22F3N3O2. The topological polar surface area (TPSA) is 57.6 Å². The van der Waals surface area contributed by atoms with Crippen molar-refractivity contribution in [1.82, 2.24) is 15.2 Å². The number of hydrogen-bond acceptors (Lipinski definition) is 5. The number of ether oxygens (including phenoxy) is 1. The Bertz CT molecular complexity index is 927. The van der Waals surface area contributed by atoms with Crippen molar-refractivity contribution in [2.24, 2.45) is 0 Å². The predicted molar refractivity (Wildman–Crippen MR) is 105 cm³/mol. The lowest BCUT2D eigenvalue weighted by Gasteiger charge is -2.30. The second-order valence-corrected chi connectivity index (χ2v) is 7.27. The first kappa shape index (κ1) is 20.3.